The second-order valence-corrected chi connectivity index (χ2v) is 4.05. The van der Waals surface area contributed by atoms with E-state index in [-0.39, 0.29) is 11.6 Å². The number of nitrogens with two attached hydrogens (primary N) is 1. The van der Waals surface area contributed by atoms with Crippen LogP contribution in [-0.2, 0) is 6.54 Å². The zero-order valence-corrected chi connectivity index (χ0v) is 9.66. The normalized spacial score (nSPS) is 12.8. The lowest BCUT2D eigenvalue weighted by atomic mass is 10.2. The van der Waals surface area contributed by atoms with Crippen LogP contribution in [0.25, 0.3) is 0 Å². The van der Waals surface area contributed by atoms with Crippen LogP contribution in [0.1, 0.15) is 31.3 Å². The maximum absolute atomic E-state index is 11.6. The minimum absolute atomic E-state index is 0.0321. The molecule has 1 aromatic rings. The van der Waals surface area contributed by atoms with Crippen LogP contribution < -0.4 is 11.3 Å². The van der Waals surface area contributed by atoms with E-state index in [1.54, 1.807) is 10.6 Å². The summed E-state index contributed by atoms with van der Waals surface area (Å²) in [5.74, 6) is 0.782. The zero-order valence-electron chi connectivity index (χ0n) is 9.66. The summed E-state index contributed by atoms with van der Waals surface area (Å²) in [6.45, 7) is 6.38. The van der Waals surface area contributed by atoms with Gasteiger partial charge in [-0.2, -0.15) is 0 Å². The van der Waals surface area contributed by atoms with Crippen molar-refractivity contribution in [1.29, 1.82) is 0 Å². The number of hydrogen-bond acceptors (Lipinski definition) is 3. The molecule has 4 nitrogen and oxygen atoms in total. The van der Waals surface area contributed by atoms with Gasteiger partial charge in [0.05, 0.1) is 0 Å². The highest BCUT2D eigenvalue weighted by molar-refractivity contribution is 5.01. The Morgan fingerprint density at radius 2 is 2.20 bits per heavy atom. The van der Waals surface area contributed by atoms with Crippen molar-refractivity contribution in [1.82, 2.24) is 9.55 Å². The van der Waals surface area contributed by atoms with Crippen LogP contribution in [0.3, 0.4) is 0 Å². The van der Waals surface area contributed by atoms with Crippen LogP contribution in [0.5, 0.6) is 0 Å². The van der Waals surface area contributed by atoms with Gasteiger partial charge in [0.1, 0.15) is 5.82 Å². The molecule has 0 aromatic carbocycles. The van der Waals surface area contributed by atoms with Gasteiger partial charge >= 0.3 is 0 Å². The average molecular weight is 209 g/mol. The second kappa shape index (κ2) is 5.07. The molecule has 15 heavy (non-hydrogen) atoms. The van der Waals surface area contributed by atoms with E-state index in [0.717, 1.165) is 24.4 Å². The summed E-state index contributed by atoms with van der Waals surface area (Å²) in [7, 11) is 0. The van der Waals surface area contributed by atoms with Crippen LogP contribution in [0.4, 0.5) is 0 Å². The summed E-state index contributed by atoms with van der Waals surface area (Å²) in [5, 5.41) is 0. The van der Waals surface area contributed by atoms with Crippen LogP contribution in [0.15, 0.2) is 10.9 Å². The summed E-state index contributed by atoms with van der Waals surface area (Å²) in [6.07, 6.45) is 1.85. The third-order valence-corrected chi connectivity index (χ3v) is 2.37. The Balaban J connectivity index is 2.73. The smallest absolute Gasteiger partial charge is 0.253 e. The molecule has 0 aliphatic rings. The van der Waals surface area contributed by atoms with Crippen molar-refractivity contribution in [2.45, 2.75) is 46.2 Å². The Morgan fingerprint density at radius 3 is 2.73 bits per heavy atom. The molecule has 4 heteroatoms. The van der Waals surface area contributed by atoms with Crippen molar-refractivity contribution in [3.8, 4) is 0 Å². The lowest BCUT2D eigenvalue weighted by Gasteiger charge is -2.10. The fourth-order valence-electron chi connectivity index (χ4n) is 1.61. The topological polar surface area (TPSA) is 60.9 Å². The Hall–Kier alpha value is -1.16. The van der Waals surface area contributed by atoms with Gasteiger partial charge < -0.3 is 5.73 Å². The van der Waals surface area contributed by atoms with Crippen molar-refractivity contribution in [3.05, 3.63) is 27.9 Å². The van der Waals surface area contributed by atoms with Gasteiger partial charge in [-0.15, -0.1) is 0 Å². The molecule has 0 fully saturated rings. The van der Waals surface area contributed by atoms with E-state index in [9.17, 15) is 4.79 Å². The molecule has 0 saturated heterocycles. The van der Waals surface area contributed by atoms with E-state index in [2.05, 4.69) is 4.98 Å². The number of nitrogens with zero attached hydrogens (tertiary/aromatic N) is 2. The standard InChI is InChI=1S/C11H19N3O/c1-8(12)5-4-6-14-10(3)13-9(2)7-11(14)15/h7-8H,4-6,12H2,1-3H3. The first-order chi connectivity index (χ1) is 7.00. The lowest BCUT2D eigenvalue weighted by Crippen LogP contribution is -2.24. The molecule has 1 aromatic heterocycles. The highest BCUT2D eigenvalue weighted by Crippen LogP contribution is 1.99. The largest absolute Gasteiger partial charge is 0.328 e. The van der Waals surface area contributed by atoms with Gasteiger partial charge in [0.15, 0.2) is 0 Å². The molecule has 1 atom stereocenters. The van der Waals surface area contributed by atoms with Gasteiger partial charge in [0, 0.05) is 24.3 Å². The van der Waals surface area contributed by atoms with Gasteiger partial charge in [-0.05, 0) is 33.6 Å². The van der Waals surface area contributed by atoms with E-state index in [4.69, 9.17) is 5.73 Å². The number of aromatic nitrogens is 2. The first kappa shape index (κ1) is 11.9. The quantitative estimate of drug-likeness (QED) is 0.804. The van der Waals surface area contributed by atoms with Crippen LogP contribution in [-0.4, -0.2) is 15.6 Å². The Kier molecular flexibility index (Phi) is 4.03. The molecular formula is C11H19N3O. The van der Waals surface area contributed by atoms with Crippen molar-refractivity contribution in [3.63, 3.8) is 0 Å². The molecular weight excluding hydrogens is 190 g/mol. The SMILES string of the molecule is Cc1cc(=O)n(CCCC(C)N)c(C)n1. The van der Waals surface area contributed by atoms with Crippen LogP contribution in [0.2, 0.25) is 0 Å². The summed E-state index contributed by atoms with van der Waals surface area (Å²) in [6, 6.07) is 1.76. The Bertz CT molecular complexity index is 382. The zero-order chi connectivity index (χ0) is 11.4. The minimum Gasteiger partial charge on any atom is -0.328 e. The lowest BCUT2D eigenvalue weighted by molar-refractivity contribution is 0.533. The summed E-state index contributed by atoms with van der Waals surface area (Å²) in [5.41, 5.74) is 6.46. The van der Waals surface area contributed by atoms with E-state index in [1.165, 1.54) is 0 Å². The van der Waals surface area contributed by atoms with Gasteiger partial charge in [-0.1, -0.05) is 0 Å². The first-order valence-electron chi connectivity index (χ1n) is 5.31. The van der Waals surface area contributed by atoms with E-state index in [0.29, 0.717) is 6.54 Å². The van der Waals surface area contributed by atoms with Gasteiger partial charge in [0.25, 0.3) is 5.56 Å². The highest BCUT2D eigenvalue weighted by Gasteiger charge is 2.03. The van der Waals surface area contributed by atoms with Gasteiger partial charge in [-0.25, -0.2) is 4.98 Å². The van der Waals surface area contributed by atoms with E-state index < -0.39 is 0 Å². The molecule has 84 valence electrons. The molecule has 2 N–H and O–H groups in total. The second-order valence-electron chi connectivity index (χ2n) is 4.05. The molecule has 1 rings (SSSR count). The summed E-state index contributed by atoms with van der Waals surface area (Å²) >= 11 is 0. The van der Waals surface area contributed by atoms with Crippen molar-refractivity contribution >= 4 is 0 Å². The van der Waals surface area contributed by atoms with Crippen molar-refractivity contribution < 1.29 is 0 Å². The predicted octanol–water partition coefficient (Wildman–Crippen LogP) is 0.988. The fourth-order valence-corrected chi connectivity index (χ4v) is 1.61. The number of hydrogen-bond donors (Lipinski definition) is 1. The molecule has 0 spiro atoms. The predicted molar refractivity (Wildman–Crippen MR) is 60.9 cm³/mol. The van der Waals surface area contributed by atoms with Crippen molar-refractivity contribution in [2.24, 2.45) is 5.73 Å². The maximum atomic E-state index is 11.6. The van der Waals surface area contributed by atoms with Gasteiger partial charge in [0.2, 0.25) is 0 Å². The summed E-state index contributed by atoms with van der Waals surface area (Å²) < 4.78 is 1.70. The third kappa shape index (κ3) is 3.47. The third-order valence-electron chi connectivity index (χ3n) is 2.37. The molecule has 1 heterocycles. The van der Waals surface area contributed by atoms with Crippen molar-refractivity contribution in [2.75, 3.05) is 0 Å². The summed E-state index contributed by atoms with van der Waals surface area (Å²) in [4.78, 5) is 15.9. The van der Waals surface area contributed by atoms with E-state index >= 15 is 0 Å². The molecule has 0 aliphatic heterocycles. The number of rotatable bonds is 4. The highest BCUT2D eigenvalue weighted by atomic mass is 16.1. The van der Waals surface area contributed by atoms with Gasteiger partial charge in [-0.3, -0.25) is 9.36 Å². The van der Waals surface area contributed by atoms with E-state index in [1.807, 2.05) is 20.8 Å². The molecule has 0 bridgehead atoms. The average Bonchev–Trinajstić information content (AvgIpc) is 2.08. The maximum Gasteiger partial charge on any atom is 0.253 e. The Labute approximate surface area is 90.1 Å². The van der Waals surface area contributed by atoms with Crippen LogP contribution in [0, 0.1) is 13.8 Å². The minimum atomic E-state index is 0.0321. The molecule has 1 unspecified atom stereocenters. The molecule has 0 amide bonds. The number of aryl methyl sites for hydroxylation is 2. The Morgan fingerprint density at radius 1 is 1.53 bits per heavy atom. The fraction of sp³-hybridized carbons (Fsp3) is 0.636. The molecule has 0 aliphatic carbocycles. The molecule has 0 radical (unpaired) electrons. The monoisotopic (exact) mass is 209 g/mol. The van der Waals surface area contributed by atoms with Crippen LogP contribution >= 0.6 is 0 Å². The molecule has 0 saturated carbocycles. The first-order valence-corrected chi connectivity index (χ1v) is 5.31.